The first-order chi connectivity index (χ1) is 8.29. The quantitative estimate of drug-likeness (QED) is 0.810. The molecule has 0 aromatic carbocycles. The molecule has 2 unspecified atom stereocenters. The van der Waals surface area contributed by atoms with Crippen molar-refractivity contribution in [1.29, 1.82) is 0 Å². The molecule has 0 spiro atoms. The molecule has 1 aliphatic rings. The van der Waals surface area contributed by atoms with Gasteiger partial charge >= 0.3 is 6.01 Å². The first kappa shape index (κ1) is 12.7. The lowest BCUT2D eigenvalue weighted by Crippen LogP contribution is -2.17. The lowest BCUT2D eigenvalue weighted by Gasteiger charge is -2.08. The summed E-state index contributed by atoms with van der Waals surface area (Å²) >= 11 is 2.02. The highest BCUT2D eigenvalue weighted by Gasteiger charge is 2.17. The zero-order chi connectivity index (χ0) is 12.1. The average molecular weight is 256 g/mol. The summed E-state index contributed by atoms with van der Waals surface area (Å²) < 4.78 is 5.56. The molecule has 1 fully saturated rings. The number of aromatic nitrogens is 2. The van der Waals surface area contributed by atoms with Gasteiger partial charge in [-0.3, -0.25) is 0 Å². The van der Waals surface area contributed by atoms with Gasteiger partial charge in [0.05, 0.1) is 6.04 Å². The van der Waals surface area contributed by atoms with Crippen LogP contribution in [-0.4, -0.2) is 34.8 Å². The van der Waals surface area contributed by atoms with Gasteiger partial charge in [0.15, 0.2) is 0 Å². The SMILES string of the molecule is CCNC(C)c1nnc(NCC2CCSC2)o1. The molecule has 0 radical (unpaired) electrons. The van der Waals surface area contributed by atoms with Crippen molar-refractivity contribution >= 4 is 17.8 Å². The maximum absolute atomic E-state index is 5.56. The Labute approximate surface area is 106 Å². The van der Waals surface area contributed by atoms with E-state index in [2.05, 4.69) is 27.8 Å². The van der Waals surface area contributed by atoms with Gasteiger partial charge in [0, 0.05) is 6.54 Å². The minimum absolute atomic E-state index is 0.116. The third-order valence-electron chi connectivity index (χ3n) is 2.89. The van der Waals surface area contributed by atoms with E-state index in [0.29, 0.717) is 11.9 Å². The molecule has 2 heterocycles. The molecule has 96 valence electrons. The molecule has 2 N–H and O–H groups in total. The topological polar surface area (TPSA) is 63.0 Å². The molecule has 2 rings (SSSR count). The second kappa shape index (κ2) is 6.26. The molecule has 17 heavy (non-hydrogen) atoms. The summed E-state index contributed by atoms with van der Waals surface area (Å²) in [5, 5.41) is 14.5. The van der Waals surface area contributed by atoms with Crippen molar-refractivity contribution in [3.05, 3.63) is 5.89 Å². The van der Waals surface area contributed by atoms with Gasteiger partial charge in [-0.25, -0.2) is 0 Å². The van der Waals surface area contributed by atoms with Crippen LogP contribution in [-0.2, 0) is 0 Å². The zero-order valence-electron chi connectivity index (χ0n) is 10.4. The van der Waals surface area contributed by atoms with E-state index in [1.54, 1.807) is 0 Å². The Morgan fingerprint density at radius 2 is 2.41 bits per heavy atom. The van der Waals surface area contributed by atoms with Gasteiger partial charge in [-0.05, 0) is 37.3 Å². The Bertz CT molecular complexity index is 338. The van der Waals surface area contributed by atoms with Crippen LogP contribution in [0.5, 0.6) is 0 Å². The summed E-state index contributed by atoms with van der Waals surface area (Å²) in [6.45, 7) is 5.91. The minimum atomic E-state index is 0.116. The average Bonchev–Trinajstić information content (AvgIpc) is 2.98. The smallest absolute Gasteiger partial charge is 0.315 e. The van der Waals surface area contributed by atoms with Crippen LogP contribution in [0.15, 0.2) is 4.42 Å². The van der Waals surface area contributed by atoms with Gasteiger partial charge in [-0.15, -0.1) is 5.10 Å². The molecule has 0 bridgehead atoms. The van der Waals surface area contributed by atoms with E-state index in [9.17, 15) is 0 Å². The van der Waals surface area contributed by atoms with E-state index in [-0.39, 0.29) is 6.04 Å². The number of nitrogens with zero attached hydrogens (tertiary/aromatic N) is 2. The Hall–Kier alpha value is -0.750. The van der Waals surface area contributed by atoms with Gasteiger partial charge in [0.25, 0.3) is 0 Å². The monoisotopic (exact) mass is 256 g/mol. The van der Waals surface area contributed by atoms with Crippen LogP contribution in [0, 0.1) is 5.92 Å². The molecular formula is C11H20N4OS. The summed E-state index contributed by atoms with van der Waals surface area (Å²) in [5.74, 6) is 3.90. The molecular weight excluding hydrogens is 236 g/mol. The van der Waals surface area contributed by atoms with Crippen molar-refractivity contribution in [2.24, 2.45) is 5.92 Å². The molecule has 1 aromatic rings. The predicted octanol–water partition coefficient (Wildman–Crippen LogP) is 1.91. The molecule has 1 aliphatic heterocycles. The van der Waals surface area contributed by atoms with E-state index >= 15 is 0 Å². The number of hydrogen-bond donors (Lipinski definition) is 2. The zero-order valence-corrected chi connectivity index (χ0v) is 11.2. The van der Waals surface area contributed by atoms with Crippen molar-refractivity contribution in [3.63, 3.8) is 0 Å². The predicted molar refractivity (Wildman–Crippen MR) is 70.3 cm³/mol. The molecule has 0 amide bonds. The lowest BCUT2D eigenvalue weighted by atomic mass is 10.1. The van der Waals surface area contributed by atoms with Gasteiger partial charge in [0.2, 0.25) is 5.89 Å². The van der Waals surface area contributed by atoms with Crippen LogP contribution in [0.3, 0.4) is 0 Å². The van der Waals surface area contributed by atoms with Crippen molar-refractivity contribution < 1.29 is 4.42 Å². The van der Waals surface area contributed by atoms with Gasteiger partial charge in [-0.1, -0.05) is 12.0 Å². The number of rotatable bonds is 6. The van der Waals surface area contributed by atoms with Gasteiger partial charge in [-0.2, -0.15) is 11.8 Å². The van der Waals surface area contributed by atoms with Crippen LogP contribution < -0.4 is 10.6 Å². The number of anilines is 1. The second-order valence-corrected chi connectivity index (χ2v) is 5.49. The van der Waals surface area contributed by atoms with E-state index in [1.165, 1.54) is 17.9 Å². The highest BCUT2D eigenvalue weighted by molar-refractivity contribution is 7.99. The standard InChI is InChI=1S/C11H20N4OS/c1-3-12-8(2)10-14-15-11(16-10)13-6-9-4-5-17-7-9/h8-9,12H,3-7H2,1-2H3,(H,13,15). The fourth-order valence-corrected chi connectivity index (χ4v) is 3.13. The van der Waals surface area contributed by atoms with Crippen LogP contribution in [0.1, 0.15) is 32.2 Å². The third-order valence-corrected chi connectivity index (χ3v) is 4.12. The molecule has 2 atom stereocenters. The third kappa shape index (κ3) is 3.61. The number of hydrogen-bond acceptors (Lipinski definition) is 6. The molecule has 0 aliphatic carbocycles. The fourth-order valence-electron chi connectivity index (χ4n) is 1.85. The largest absolute Gasteiger partial charge is 0.406 e. The Morgan fingerprint density at radius 1 is 1.53 bits per heavy atom. The van der Waals surface area contributed by atoms with Crippen LogP contribution in [0.25, 0.3) is 0 Å². The highest BCUT2D eigenvalue weighted by Crippen LogP contribution is 2.23. The van der Waals surface area contributed by atoms with Gasteiger partial charge in [0.1, 0.15) is 0 Å². The Morgan fingerprint density at radius 3 is 3.12 bits per heavy atom. The summed E-state index contributed by atoms with van der Waals surface area (Å²) in [7, 11) is 0. The van der Waals surface area contributed by atoms with E-state index < -0.39 is 0 Å². The molecule has 0 saturated carbocycles. The molecule has 6 heteroatoms. The van der Waals surface area contributed by atoms with Crippen molar-refractivity contribution in [3.8, 4) is 0 Å². The maximum Gasteiger partial charge on any atom is 0.315 e. The fraction of sp³-hybridized carbons (Fsp3) is 0.818. The van der Waals surface area contributed by atoms with Gasteiger partial charge < -0.3 is 15.1 Å². The first-order valence-electron chi connectivity index (χ1n) is 6.18. The lowest BCUT2D eigenvalue weighted by molar-refractivity contribution is 0.427. The Kier molecular flexibility index (Phi) is 4.67. The summed E-state index contributed by atoms with van der Waals surface area (Å²) in [6, 6.07) is 0.659. The number of thioether (sulfide) groups is 1. The van der Waals surface area contributed by atoms with E-state index in [1.807, 2.05) is 18.7 Å². The van der Waals surface area contributed by atoms with Crippen molar-refractivity contribution in [2.75, 3.05) is 29.9 Å². The van der Waals surface area contributed by atoms with Crippen molar-refractivity contribution in [2.45, 2.75) is 26.3 Å². The van der Waals surface area contributed by atoms with Crippen LogP contribution >= 0.6 is 11.8 Å². The summed E-state index contributed by atoms with van der Waals surface area (Å²) in [4.78, 5) is 0. The van der Waals surface area contributed by atoms with Crippen molar-refractivity contribution in [1.82, 2.24) is 15.5 Å². The Balaban J connectivity index is 1.80. The minimum Gasteiger partial charge on any atom is -0.406 e. The van der Waals surface area contributed by atoms with E-state index in [0.717, 1.165) is 19.0 Å². The molecule has 1 saturated heterocycles. The summed E-state index contributed by atoms with van der Waals surface area (Å²) in [5.41, 5.74) is 0. The van der Waals surface area contributed by atoms with Crippen LogP contribution in [0.4, 0.5) is 6.01 Å². The second-order valence-electron chi connectivity index (χ2n) is 4.34. The first-order valence-corrected chi connectivity index (χ1v) is 7.33. The maximum atomic E-state index is 5.56. The normalized spacial score (nSPS) is 21.6. The molecule has 1 aromatic heterocycles. The molecule has 5 nitrogen and oxygen atoms in total. The van der Waals surface area contributed by atoms with E-state index in [4.69, 9.17) is 4.42 Å². The summed E-state index contributed by atoms with van der Waals surface area (Å²) in [6.07, 6.45) is 1.28. The highest BCUT2D eigenvalue weighted by atomic mass is 32.2. The van der Waals surface area contributed by atoms with Crippen LogP contribution in [0.2, 0.25) is 0 Å². The number of nitrogens with one attached hydrogen (secondary N) is 2.